The van der Waals surface area contributed by atoms with Gasteiger partial charge in [0.15, 0.2) is 0 Å². The minimum Gasteiger partial charge on any atom is -0.371 e. The molecule has 2 N–H and O–H groups in total. The van der Waals surface area contributed by atoms with E-state index >= 15 is 0 Å². The van der Waals surface area contributed by atoms with E-state index in [1.165, 1.54) is 18.4 Å². The van der Waals surface area contributed by atoms with Gasteiger partial charge in [-0.05, 0) is 30.5 Å². The summed E-state index contributed by atoms with van der Waals surface area (Å²) in [6.45, 7) is 2.45. The number of aromatic nitrogens is 1. The number of morpholine rings is 1. The lowest BCUT2D eigenvalue weighted by atomic mass is 10.1. The minimum absolute atomic E-state index is 0.378. The van der Waals surface area contributed by atoms with E-state index in [2.05, 4.69) is 23.1 Å². The molecule has 2 unspecified atom stereocenters. The maximum absolute atomic E-state index is 5.91. The minimum atomic E-state index is 0.378. The van der Waals surface area contributed by atoms with Crippen molar-refractivity contribution in [3.8, 4) is 0 Å². The van der Waals surface area contributed by atoms with E-state index in [-0.39, 0.29) is 0 Å². The summed E-state index contributed by atoms with van der Waals surface area (Å²) in [5.41, 5.74) is 8.11. The third-order valence-electron chi connectivity index (χ3n) is 4.38. The first-order valence-corrected chi connectivity index (χ1v) is 7.32. The Labute approximate surface area is 118 Å². The van der Waals surface area contributed by atoms with Gasteiger partial charge in [-0.1, -0.05) is 18.2 Å². The molecule has 0 amide bonds. The summed E-state index contributed by atoms with van der Waals surface area (Å²) < 4.78 is 5.90. The fourth-order valence-corrected chi connectivity index (χ4v) is 3.36. The average molecular weight is 269 g/mol. The van der Waals surface area contributed by atoms with Crippen LogP contribution in [0.4, 0.5) is 5.82 Å². The first-order valence-electron chi connectivity index (χ1n) is 7.32. The van der Waals surface area contributed by atoms with Gasteiger partial charge < -0.3 is 15.4 Å². The number of rotatable bonds is 2. The van der Waals surface area contributed by atoms with E-state index < -0.39 is 0 Å². The number of pyridine rings is 1. The highest BCUT2D eigenvalue weighted by Gasteiger charge is 2.34. The summed E-state index contributed by atoms with van der Waals surface area (Å²) >= 11 is 0. The largest absolute Gasteiger partial charge is 0.371 e. The molecule has 0 saturated carbocycles. The molecule has 2 aliphatic heterocycles. The predicted molar refractivity (Wildman–Crippen MR) is 79.7 cm³/mol. The number of nitrogens with zero attached hydrogens (tertiary/aromatic N) is 2. The molecule has 20 heavy (non-hydrogen) atoms. The van der Waals surface area contributed by atoms with E-state index in [0.29, 0.717) is 18.8 Å². The summed E-state index contributed by atoms with van der Waals surface area (Å²) in [6.07, 6.45) is 3.11. The zero-order valence-electron chi connectivity index (χ0n) is 11.5. The second-order valence-electron chi connectivity index (χ2n) is 5.72. The van der Waals surface area contributed by atoms with Crippen LogP contribution >= 0.6 is 0 Å². The Morgan fingerprint density at radius 1 is 1.20 bits per heavy atom. The molecule has 2 saturated heterocycles. The molecule has 2 aliphatic rings. The van der Waals surface area contributed by atoms with Crippen LogP contribution in [0.1, 0.15) is 18.4 Å². The summed E-state index contributed by atoms with van der Waals surface area (Å²) in [7, 11) is 0. The Morgan fingerprint density at radius 2 is 1.95 bits per heavy atom. The predicted octanol–water partition coefficient (Wildman–Crippen LogP) is 2.06. The van der Waals surface area contributed by atoms with Gasteiger partial charge in [0.1, 0.15) is 5.82 Å². The molecule has 2 aromatic rings. The zero-order valence-corrected chi connectivity index (χ0v) is 11.5. The van der Waals surface area contributed by atoms with E-state index in [0.717, 1.165) is 29.8 Å². The number of hydrogen-bond donors (Lipinski definition) is 1. The molecule has 104 valence electrons. The van der Waals surface area contributed by atoms with Crippen LogP contribution in [0.2, 0.25) is 0 Å². The molecule has 2 fully saturated rings. The highest BCUT2D eigenvalue weighted by atomic mass is 16.5. The monoisotopic (exact) mass is 269 g/mol. The molecule has 1 aromatic heterocycles. The van der Waals surface area contributed by atoms with E-state index in [4.69, 9.17) is 15.5 Å². The molecule has 2 atom stereocenters. The SMILES string of the molecule is NCc1cc(N2CC3CCC(C2)O3)nc2ccccc12. The van der Waals surface area contributed by atoms with Crippen LogP contribution in [0.5, 0.6) is 0 Å². The summed E-state index contributed by atoms with van der Waals surface area (Å²) in [6, 6.07) is 10.4. The maximum Gasteiger partial charge on any atom is 0.129 e. The highest BCUT2D eigenvalue weighted by molar-refractivity contribution is 5.84. The zero-order chi connectivity index (χ0) is 13.5. The summed E-state index contributed by atoms with van der Waals surface area (Å²) in [5, 5.41) is 1.16. The van der Waals surface area contributed by atoms with Gasteiger partial charge in [-0.3, -0.25) is 0 Å². The topological polar surface area (TPSA) is 51.4 Å². The van der Waals surface area contributed by atoms with Crippen molar-refractivity contribution in [3.63, 3.8) is 0 Å². The molecular formula is C16H19N3O. The molecule has 4 heteroatoms. The number of hydrogen-bond acceptors (Lipinski definition) is 4. The Balaban J connectivity index is 1.76. The molecule has 3 heterocycles. The van der Waals surface area contributed by atoms with E-state index in [9.17, 15) is 0 Å². The van der Waals surface area contributed by atoms with Crippen molar-refractivity contribution in [2.45, 2.75) is 31.6 Å². The van der Waals surface area contributed by atoms with Gasteiger partial charge in [0.05, 0.1) is 17.7 Å². The van der Waals surface area contributed by atoms with Crippen molar-refractivity contribution < 1.29 is 4.74 Å². The Kier molecular flexibility index (Phi) is 2.86. The molecular weight excluding hydrogens is 250 g/mol. The number of anilines is 1. The smallest absolute Gasteiger partial charge is 0.129 e. The lowest BCUT2D eigenvalue weighted by Crippen LogP contribution is -2.43. The molecule has 4 rings (SSSR count). The maximum atomic E-state index is 5.91. The Hall–Kier alpha value is -1.65. The number of fused-ring (bicyclic) bond motifs is 3. The number of nitrogens with two attached hydrogens (primary N) is 1. The third-order valence-corrected chi connectivity index (χ3v) is 4.38. The van der Waals surface area contributed by atoms with E-state index in [1.807, 2.05) is 12.1 Å². The van der Waals surface area contributed by atoms with Gasteiger partial charge >= 0.3 is 0 Å². The standard InChI is InChI=1S/C16H19N3O/c17-8-11-7-16(18-15-4-2-1-3-14(11)15)19-9-12-5-6-13(10-19)20-12/h1-4,7,12-13H,5-6,8-10,17H2. The molecule has 4 nitrogen and oxygen atoms in total. The first kappa shape index (κ1) is 12.1. The van der Waals surface area contributed by atoms with Crippen LogP contribution in [0, 0.1) is 0 Å². The van der Waals surface area contributed by atoms with Crippen LogP contribution in [0.15, 0.2) is 30.3 Å². The highest BCUT2D eigenvalue weighted by Crippen LogP contribution is 2.30. The Bertz CT molecular complexity index is 631. The third kappa shape index (κ3) is 1.96. The molecule has 2 bridgehead atoms. The number of ether oxygens (including phenoxy) is 1. The molecule has 0 spiro atoms. The van der Waals surface area contributed by atoms with Gasteiger partial charge in [0.25, 0.3) is 0 Å². The van der Waals surface area contributed by atoms with Crippen molar-refractivity contribution in [3.05, 3.63) is 35.9 Å². The van der Waals surface area contributed by atoms with Crippen molar-refractivity contribution in [2.75, 3.05) is 18.0 Å². The average Bonchev–Trinajstić information content (AvgIpc) is 2.84. The van der Waals surface area contributed by atoms with Crippen LogP contribution in [-0.2, 0) is 11.3 Å². The van der Waals surface area contributed by atoms with Crippen molar-refractivity contribution in [1.82, 2.24) is 4.98 Å². The van der Waals surface area contributed by atoms with E-state index in [1.54, 1.807) is 0 Å². The molecule has 0 radical (unpaired) electrons. The second kappa shape index (κ2) is 4.72. The second-order valence-corrected chi connectivity index (χ2v) is 5.72. The lowest BCUT2D eigenvalue weighted by Gasteiger charge is -2.33. The first-order chi connectivity index (χ1) is 9.83. The van der Waals surface area contributed by atoms with Gasteiger partial charge in [-0.25, -0.2) is 4.98 Å². The fraction of sp³-hybridized carbons (Fsp3) is 0.438. The van der Waals surface area contributed by atoms with Crippen LogP contribution in [-0.4, -0.2) is 30.3 Å². The van der Waals surface area contributed by atoms with Gasteiger partial charge in [0.2, 0.25) is 0 Å². The van der Waals surface area contributed by atoms with Crippen LogP contribution in [0.25, 0.3) is 10.9 Å². The van der Waals surface area contributed by atoms with Crippen LogP contribution in [0.3, 0.4) is 0 Å². The van der Waals surface area contributed by atoms with Crippen molar-refractivity contribution >= 4 is 16.7 Å². The molecule has 1 aromatic carbocycles. The van der Waals surface area contributed by atoms with Gasteiger partial charge in [-0.15, -0.1) is 0 Å². The van der Waals surface area contributed by atoms with Gasteiger partial charge in [-0.2, -0.15) is 0 Å². The number of para-hydroxylation sites is 1. The van der Waals surface area contributed by atoms with Crippen molar-refractivity contribution in [1.29, 1.82) is 0 Å². The normalized spacial score (nSPS) is 25.4. The van der Waals surface area contributed by atoms with Crippen LogP contribution < -0.4 is 10.6 Å². The molecule has 0 aliphatic carbocycles. The lowest BCUT2D eigenvalue weighted by molar-refractivity contribution is 0.0302. The fourth-order valence-electron chi connectivity index (χ4n) is 3.36. The number of benzene rings is 1. The summed E-state index contributed by atoms with van der Waals surface area (Å²) in [4.78, 5) is 7.18. The van der Waals surface area contributed by atoms with Crippen molar-refractivity contribution in [2.24, 2.45) is 5.73 Å². The summed E-state index contributed by atoms with van der Waals surface area (Å²) in [5.74, 6) is 1.05. The Morgan fingerprint density at radius 3 is 2.70 bits per heavy atom. The quantitative estimate of drug-likeness (QED) is 0.906. The van der Waals surface area contributed by atoms with Gasteiger partial charge in [0, 0.05) is 25.0 Å².